The summed E-state index contributed by atoms with van der Waals surface area (Å²) in [5.41, 5.74) is -0.173. The molecule has 0 bridgehead atoms. The van der Waals surface area contributed by atoms with Gasteiger partial charge in [0.05, 0.1) is 40.9 Å². The molecule has 1 atom stereocenters. The summed E-state index contributed by atoms with van der Waals surface area (Å²) in [4.78, 5) is 33.7. The van der Waals surface area contributed by atoms with Crippen molar-refractivity contribution in [2.45, 2.75) is 18.4 Å². The van der Waals surface area contributed by atoms with Gasteiger partial charge in [-0.25, -0.2) is 4.68 Å². The number of hydrogen-bond donors (Lipinski definition) is 2. The fourth-order valence-electron chi connectivity index (χ4n) is 2.80. The summed E-state index contributed by atoms with van der Waals surface area (Å²) in [7, 11) is 0. The van der Waals surface area contributed by atoms with Crippen LogP contribution in [0, 0.1) is 10.1 Å². The Morgan fingerprint density at radius 3 is 2.69 bits per heavy atom. The quantitative estimate of drug-likeness (QED) is 0.582. The standard InChI is InChI=1S/C16H16N4O6/c21-14(22)7-16(5-6-26-10-16)18-15(23)11-8-17-19(9-11)12-1-3-13(4-2-12)20(24)25/h1-4,8-9H,5-7,10H2,(H,18,23)(H,21,22). The number of nitro benzene ring substituents is 1. The minimum atomic E-state index is -1.02. The minimum absolute atomic E-state index is 0.0456. The molecule has 0 saturated carbocycles. The number of nitrogens with one attached hydrogen (secondary N) is 1. The number of aliphatic carboxylic acids is 1. The van der Waals surface area contributed by atoms with Crippen molar-refractivity contribution in [2.24, 2.45) is 0 Å². The molecule has 1 amide bonds. The van der Waals surface area contributed by atoms with Gasteiger partial charge in [0.1, 0.15) is 0 Å². The Morgan fingerprint density at radius 2 is 2.12 bits per heavy atom. The molecular formula is C16H16N4O6. The second-order valence-electron chi connectivity index (χ2n) is 6.05. The molecule has 0 radical (unpaired) electrons. The van der Waals surface area contributed by atoms with Crippen LogP contribution in [0.2, 0.25) is 0 Å². The highest BCUT2D eigenvalue weighted by molar-refractivity contribution is 5.94. The summed E-state index contributed by atoms with van der Waals surface area (Å²) >= 11 is 0. The van der Waals surface area contributed by atoms with E-state index in [2.05, 4.69) is 10.4 Å². The lowest BCUT2D eigenvalue weighted by atomic mass is 9.94. The first-order valence-electron chi connectivity index (χ1n) is 7.80. The molecule has 2 heterocycles. The van der Waals surface area contributed by atoms with Gasteiger partial charge in [0.25, 0.3) is 11.6 Å². The molecule has 1 fully saturated rings. The van der Waals surface area contributed by atoms with Gasteiger partial charge in [-0.2, -0.15) is 5.10 Å². The molecule has 1 aromatic carbocycles. The zero-order valence-electron chi connectivity index (χ0n) is 13.6. The SMILES string of the molecule is O=C(O)CC1(NC(=O)c2cnn(-c3ccc([N+](=O)[O-])cc3)c2)CCOC1. The van der Waals surface area contributed by atoms with Gasteiger partial charge in [-0.1, -0.05) is 0 Å². The van der Waals surface area contributed by atoms with E-state index in [0.717, 1.165) is 0 Å². The van der Waals surface area contributed by atoms with E-state index in [1.54, 1.807) is 0 Å². The first-order chi connectivity index (χ1) is 12.4. The number of aromatic nitrogens is 2. The number of non-ortho nitro benzene ring substituents is 1. The van der Waals surface area contributed by atoms with E-state index < -0.39 is 22.3 Å². The normalized spacial score (nSPS) is 19.2. The maximum atomic E-state index is 12.5. The van der Waals surface area contributed by atoms with Crippen LogP contribution in [0.3, 0.4) is 0 Å². The third-order valence-electron chi connectivity index (χ3n) is 4.14. The van der Waals surface area contributed by atoms with Crippen LogP contribution in [0.15, 0.2) is 36.7 Å². The van der Waals surface area contributed by atoms with E-state index in [0.29, 0.717) is 18.7 Å². The zero-order chi connectivity index (χ0) is 18.7. The van der Waals surface area contributed by atoms with Crippen LogP contribution in [-0.2, 0) is 9.53 Å². The Kier molecular flexibility index (Phi) is 4.67. The third kappa shape index (κ3) is 3.70. The lowest BCUT2D eigenvalue weighted by Crippen LogP contribution is -2.50. The fraction of sp³-hybridized carbons (Fsp3) is 0.312. The van der Waals surface area contributed by atoms with Crippen LogP contribution in [0.1, 0.15) is 23.2 Å². The van der Waals surface area contributed by atoms with Crippen LogP contribution in [-0.4, -0.2) is 50.4 Å². The van der Waals surface area contributed by atoms with Crippen LogP contribution in [0.4, 0.5) is 5.69 Å². The van der Waals surface area contributed by atoms with Crippen LogP contribution in [0.25, 0.3) is 5.69 Å². The third-order valence-corrected chi connectivity index (χ3v) is 4.14. The number of benzene rings is 1. The monoisotopic (exact) mass is 360 g/mol. The highest BCUT2D eigenvalue weighted by Crippen LogP contribution is 2.23. The summed E-state index contributed by atoms with van der Waals surface area (Å²) in [5, 5.41) is 26.6. The van der Waals surface area contributed by atoms with Gasteiger partial charge in [0.2, 0.25) is 0 Å². The Labute approximate surface area is 147 Å². The number of carboxylic acids is 1. The smallest absolute Gasteiger partial charge is 0.305 e. The van der Waals surface area contributed by atoms with E-state index in [1.165, 1.54) is 41.3 Å². The topological polar surface area (TPSA) is 137 Å². The highest BCUT2D eigenvalue weighted by Gasteiger charge is 2.39. The van der Waals surface area contributed by atoms with Crippen molar-refractivity contribution in [1.82, 2.24) is 15.1 Å². The average molecular weight is 360 g/mol. The summed E-state index contributed by atoms with van der Waals surface area (Å²) in [6.07, 6.45) is 3.01. The van der Waals surface area contributed by atoms with Gasteiger partial charge in [-0.15, -0.1) is 0 Å². The number of ether oxygens (including phenoxy) is 1. The van der Waals surface area contributed by atoms with Crippen molar-refractivity contribution in [3.05, 3.63) is 52.3 Å². The number of carboxylic acid groups (broad SMARTS) is 1. The van der Waals surface area contributed by atoms with Crippen molar-refractivity contribution in [3.63, 3.8) is 0 Å². The van der Waals surface area contributed by atoms with Gasteiger partial charge in [-0.05, 0) is 18.6 Å². The Hall–Kier alpha value is -3.27. The van der Waals surface area contributed by atoms with E-state index >= 15 is 0 Å². The largest absolute Gasteiger partial charge is 0.481 e. The Bertz CT molecular complexity index is 839. The molecule has 2 aromatic rings. The van der Waals surface area contributed by atoms with Crippen molar-refractivity contribution in [1.29, 1.82) is 0 Å². The molecule has 1 unspecified atom stereocenters. The summed E-state index contributed by atoms with van der Waals surface area (Å²) < 4.78 is 6.66. The van der Waals surface area contributed by atoms with E-state index in [1.807, 2.05) is 0 Å². The number of nitrogens with zero attached hydrogens (tertiary/aromatic N) is 3. The van der Waals surface area contributed by atoms with Gasteiger partial charge in [0.15, 0.2) is 0 Å². The molecule has 0 aliphatic carbocycles. The van der Waals surface area contributed by atoms with Gasteiger partial charge >= 0.3 is 5.97 Å². The maximum absolute atomic E-state index is 12.5. The van der Waals surface area contributed by atoms with Crippen molar-refractivity contribution in [2.75, 3.05) is 13.2 Å². The molecule has 3 rings (SSSR count). The fourth-order valence-corrected chi connectivity index (χ4v) is 2.80. The van der Waals surface area contributed by atoms with Crippen LogP contribution >= 0.6 is 0 Å². The van der Waals surface area contributed by atoms with Crippen molar-refractivity contribution < 1.29 is 24.4 Å². The maximum Gasteiger partial charge on any atom is 0.305 e. The first-order valence-corrected chi connectivity index (χ1v) is 7.80. The Morgan fingerprint density at radius 1 is 1.38 bits per heavy atom. The van der Waals surface area contributed by atoms with Crippen LogP contribution in [0.5, 0.6) is 0 Å². The second kappa shape index (κ2) is 6.92. The van der Waals surface area contributed by atoms with Gasteiger partial charge < -0.3 is 15.2 Å². The molecule has 10 heteroatoms. The summed E-state index contributed by atoms with van der Waals surface area (Å²) in [6, 6.07) is 5.72. The summed E-state index contributed by atoms with van der Waals surface area (Å²) in [6.45, 7) is 0.525. The van der Waals surface area contributed by atoms with E-state index in [-0.39, 0.29) is 24.3 Å². The highest BCUT2D eigenvalue weighted by atomic mass is 16.6. The molecule has 1 aromatic heterocycles. The van der Waals surface area contributed by atoms with Crippen molar-refractivity contribution >= 4 is 17.6 Å². The molecule has 1 saturated heterocycles. The zero-order valence-corrected chi connectivity index (χ0v) is 13.6. The predicted octanol–water partition coefficient (Wildman–Crippen LogP) is 1.14. The molecule has 0 spiro atoms. The summed E-state index contributed by atoms with van der Waals surface area (Å²) in [5.74, 6) is -1.47. The second-order valence-corrected chi connectivity index (χ2v) is 6.05. The molecule has 2 N–H and O–H groups in total. The first kappa shape index (κ1) is 17.5. The molecule has 1 aliphatic rings. The van der Waals surface area contributed by atoms with Crippen molar-refractivity contribution in [3.8, 4) is 5.69 Å². The van der Waals surface area contributed by atoms with E-state index in [4.69, 9.17) is 9.84 Å². The lowest BCUT2D eigenvalue weighted by molar-refractivity contribution is -0.384. The molecular weight excluding hydrogens is 344 g/mol. The Balaban J connectivity index is 1.75. The molecule has 136 valence electrons. The number of nitro groups is 1. The van der Waals surface area contributed by atoms with Gasteiger partial charge in [-0.3, -0.25) is 19.7 Å². The predicted molar refractivity (Wildman–Crippen MR) is 88.1 cm³/mol. The minimum Gasteiger partial charge on any atom is -0.481 e. The van der Waals surface area contributed by atoms with E-state index in [9.17, 15) is 19.7 Å². The van der Waals surface area contributed by atoms with Crippen LogP contribution < -0.4 is 5.32 Å². The number of amides is 1. The number of carbonyl (C=O) groups excluding carboxylic acids is 1. The number of carbonyl (C=O) groups is 2. The lowest BCUT2D eigenvalue weighted by Gasteiger charge is -2.26. The molecule has 1 aliphatic heterocycles. The number of hydrogen-bond acceptors (Lipinski definition) is 6. The molecule has 10 nitrogen and oxygen atoms in total. The number of rotatable bonds is 6. The average Bonchev–Trinajstić information content (AvgIpc) is 3.24. The van der Waals surface area contributed by atoms with Gasteiger partial charge in [0, 0.05) is 24.9 Å². The molecule has 26 heavy (non-hydrogen) atoms.